The van der Waals surface area contributed by atoms with Crippen LogP contribution in [0.25, 0.3) is 0 Å². The van der Waals surface area contributed by atoms with Gasteiger partial charge in [0.1, 0.15) is 0 Å². The van der Waals surface area contributed by atoms with Gasteiger partial charge in [0.05, 0.1) is 0 Å². The molecule has 1 N–H and O–H groups in total. The largest absolute Gasteiger partial charge is 0.314 e. The van der Waals surface area contributed by atoms with Crippen molar-refractivity contribution in [1.29, 1.82) is 0 Å². The third kappa shape index (κ3) is 2.98. The summed E-state index contributed by atoms with van der Waals surface area (Å²) in [5, 5.41) is 3.68. The zero-order valence-electron chi connectivity index (χ0n) is 9.60. The van der Waals surface area contributed by atoms with Gasteiger partial charge < -0.3 is 5.32 Å². The second-order valence-corrected chi connectivity index (χ2v) is 5.50. The van der Waals surface area contributed by atoms with Crippen molar-refractivity contribution in [3.05, 3.63) is 0 Å². The van der Waals surface area contributed by atoms with Crippen molar-refractivity contribution in [1.82, 2.24) is 5.32 Å². The summed E-state index contributed by atoms with van der Waals surface area (Å²) in [6, 6.07) is 0.887. The first-order valence-electron chi connectivity index (χ1n) is 6.58. The predicted molar refractivity (Wildman–Crippen MR) is 61.4 cm³/mol. The van der Waals surface area contributed by atoms with Crippen molar-refractivity contribution in [3.63, 3.8) is 0 Å². The maximum absolute atomic E-state index is 3.68. The summed E-state index contributed by atoms with van der Waals surface area (Å²) < 4.78 is 0. The summed E-state index contributed by atoms with van der Waals surface area (Å²) in [5.74, 6) is 2.05. The van der Waals surface area contributed by atoms with E-state index in [0.29, 0.717) is 0 Å². The van der Waals surface area contributed by atoms with Crippen molar-refractivity contribution >= 4 is 0 Å². The van der Waals surface area contributed by atoms with E-state index in [2.05, 4.69) is 12.2 Å². The van der Waals surface area contributed by atoms with Crippen LogP contribution in [0.2, 0.25) is 0 Å². The minimum absolute atomic E-state index is 0.887. The molecule has 14 heavy (non-hydrogen) atoms. The summed E-state index contributed by atoms with van der Waals surface area (Å²) in [6.07, 6.45) is 11.7. The first kappa shape index (κ1) is 10.5. The van der Waals surface area contributed by atoms with Crippen LogP contribution in [0.5, 0.6) is 0 Å². The Hall–Kier alpha value is -0.0400. The van der Waals surface area contributed by atoms with Gasteiger partial charge in [-0.2, -0.15) is 0 Å². The topological polar surface area (TPSA) is 12.0 Å². The highest BCUT2D eigenvalue weighted by molar-refractivity contribution is 4.77. The van der Waals surface area contributed by atoms with Crippen LogP contribution in [0.3, 0.4) is 0 Å². The molecule has 0 amide bonds. The van der Waals surface area contributed by atoms with Crippen molar-refractivity contribution in [2.75, 3.05) is 6.54 Å². The van der Waals surface area contributed by atoms with E-state index in [4.69, 9.17) is 0 Å². The van der Waals surface area contributed by atoms with Crippen LogP contribution < -0.4 is 5.32 Å². The van der Waals surface area contributed by atoms with Crippen LogP contribution in [0.1, 0.15) is 58.3 Å². The Morgan fingerprint density at radius 1 is 1.00 bits per heavy atom. The van der Waals surface area contributed by atoms with E-state index in [1.807, 2.05) is 0 Å². The third-order valence-corrected chi connectivity index (χ3v) is 4.23. The molecule has 1 heteroatoms. The molecule has 0 spiro atoms. The van der Waals surface area contributed by atoms with Gasteiger partial charge in [-0.3, -0.25) is 0 Å². The molecule has 0 bridgehead atoms. The lowest BCUT2D eigenvalue weighted by Crippen LogP contribution is -2.36. The number of rotatable bonds is 4. The molecule has 2 aliphatic rings. The molecule has 2 saturated carbocycles. The lowest BCUT2D eigenvalue weighted by Gasteiger charge is -2.29. The predicted octanol–water partition coefficient (Wildman–Crippen LogP) is 3.34. The van der Waals surface area contributed by atoms with Gasteiger partial charge in [0.25, 0.3) is 0 Å². The fourth-order valence-electron chi connectivity index (χ4n) is 2.72. The molecule has 0 heterocycles. The second-order valence-electron chi connectivity index (χ2n) is 5.50. The highest BCUT2D eigenvalue weighted by Gasteiger charge is 2.19. The van der Waals surface area contributed by atoms with Gasteiger partial charge in [-0.1, -0.05) is 39.0 Å². The van der Waals surface area contributed by atoms with E-state index in [0.717, 1.165) is 17.9 Å². The summed E-state index contributed by atoms with van der Waals surface area (Å²) >= 11 is 0. The zero-order chi connectivity index (χ0) is 9.80. The zero-order valence-corrected chi connectivity index (χ0v) is 9.60. The van der Waals surface area contributed by atoms with Crippen molar-refractivity contribution in [2.24, 2.45) is 11.8 Å². The lowest BCUT2D eigenvalue weighted by atomic mass is 9.81. The van der Waals surface area contributed by atoms with Gasteiger partial charge in [-0.15, -0.1) is 0 Å². The van der Waals surface area contributed by atoms with Crippen LogP contribution in [-0.2, 0) is 0 Å². The van der Waals surface area contributed by atoms with Crippen LogP contribution >= 0.6 is 0 Å². The Bertz CT molecular complexity index is 155. The van der Waals surface area contributed by atoms with Gasteiger partial charge in [0.15, 0.2) is 0 Å². The molecule has 2 rings (SSSR count). The highest BCUT2D eigenvalue weighted by atomic mass is 14.9. The molecule has 82 valence electrons. The van der Waals surface area contributed by atoms with Gasteiger partial charge in [0, 0.05) is 6.04 Å². The monoisotopic (exact) mass is 195 g/mol. The molecule has 0 atom stereocenters. The average Bonchev–Trinajstić information content (AvgIpc) is 2.12. The van der Waals surface area contributed by atoms with Crippen molar-refractivity contribution in [3.8, 4) is 0 Å². The van der Waals surface area contributed by atoms with Gasteiger partial charge in [-0.05, 0) is 37.6 Å². The molecule has 0 saturated heterocycles. The van der Waals surface area contributed by atoms with Crippen LogP contribution in [0, 0.1) is 11.8 Å². The minimum atomic E-state index is 0.887. The number of hydrogen-bond donors (Lipinski definition) is 1. The maximum Gasteiger partial charge on any atom is 0.00670 e. The minimum Gasteiger partial charge on any atom is -0.314 e. The third-order valence-electron chi connectivity index (χ3n) is 4.23. The smallest absolute Gasteiger partial charge is 0.00670 e. The lowest BCUT2D eigenvalue weighted by molar-refractivity contribution is 0.262. The van der Waals surface area contributed by atoms with Gasteiger partial charge in [0.2, 0.25) is 0 Å². The summed E-state index contributed by atoms with van der Waals surface area (Å²) in [6.45, 7) is 3.69. The van der Waals surface area contributed by atoms with E-state index in [1.165, 1.54) is 57.9 Å². The van der Waals surface area contributed by atoms with Crippen LogP contribution in [0.4, 0.5) is 0 Å². The Balaban J connectivity index is 1.52. The molecule has 0 aliphatic heterocycles. The molecule has 0 aromatic carbocycles. The SMILES string of the molecule is CC1CCC(CCNC2CCC2)CC1. The first-order chi connectivity index (χ1) is 6.84. The van der Waals surface area contributed by atoms with E-state index in [-0.39, 0.29) is 0 Å². The normalized spacial score (nSPS) is 34.1. The summed E-state index contributed by atoms with van der Waals surface area (Å²) in [5.41, 5.74) is 0. The van der Waals surface area contributed by atoms with Crippen LogP contribution in [0.15, 0.2) is 0 Å². The fourth-order valence-corrected chi connectivity index (χ4v) is 2.72. The molecule has 0 unspecified atom stereocenters. The molecule has 2 aliphatic carbocycles. The molecule has 0 aromatic heterocycles. The van der Waals surface area contributed by atoms with E-state index in [9.17, 15) is 0 Å². The van der Waals surface area contributed by atoms with Crippen molar-refractivity contribution in [2.45, 2.75) is 64.3 Å². The van der Waals surface area contributed by atoms with Crippen LogP contribution in [-0.4, -0.2) is 12.6 Å². The average molecular weight is 195 g/mol. The molecule has 1 nitrogen and oxygen atoms in total. The first-order valence-corrected chi connectivity index (χ1v) is 6.58. The summed E-state index contributed by atoms with van der Waals surface area (Å²) in [7, 11) is 0. The highest BCUT2D eigenvalue weighted by Crippen LogP contribution is 2.30. The molecule has 0 radical (unpaired) electrons. The number of hydrogen-bond acceptors (Lipinski definition) is 1. The van der Waals surface area contributed by atoms with Gasteiger partial charge in [-0.25, -0.2) is 0 Å². The number of nitrogens with one attached hydrogen (secondary N) is 1. The molecular weight excluding hydrogens is 170 g/mol. The molecular formula is C13H25N. The second kappa shape index (κ2) is 5.16. The molecule has 0 aromatic rings. The Morgan fingerprint density at radius 3 is 2.29 bits per heavy atom. The van der Waals surface area contributed by atoms with E-state index >= 15 is 0 Å². The van der Waals surface area contributed by atoms with Crippen molar-refractivity contribution < 1.29 is 0 Å². The molecule has 2 fully saturated rings. The van der Waals surface area contributed by atoms with E-state index < -0.39 is 0 Å². The quantitative estimate of drug-likeness (QED) is 0.725. The Morgan fingerprint density at radius 2 is 1.71 bits per heavy atom. The maximum atomic E-state index is 3.68. The Kier molecular flexibility index (Phi) is 3.86. The van der Waals surface area contributed by atoms with E-state index in [1.54, 1.807) is 0 Å². The Labute approximate surface area is 88.7 Å². The summed E-state index contributed by atoms with van der Waals surface area (Å²) in [4.78, 5) is 0. The van der Waals surface area contributed by atoms with Gasteiger partial charge >= 0.3 is 0 Å². The fraction of sp³-hybridized carbons (Fsp3) is 1.00. The standard InChI is InChI=1S/C13H25N/c1-11-5-7-12(8-6-11)9-10-14-13-3-2-4-13/h11-14H,2-10H2,1H3.